The standard InChI is InChI=1S/C21H26N2O2/c1-25-20-10-8-18(9-11-20)16-21(24)23-13-5-12-22(14-15-23)17-19-6-3-2-4-7-19/h2-4,6-11H,5,12-17H2,1H3. The zero-order valence-electron chi connectivity index (χ0n) is 14.9. The average Bonchev–Trinajstić information content (AvgIpc) is 2.89. The zero-order chi connectivity index (χ0) is 17.5. The number of hydrogen-bond donors (Lipinski definition) is 0. The summed E-state index contributed by atoms with van der Waals surface area (Å²) in [6, 6.07) is 18.3. The summed E-state index contributed by atoms with van der Waals surface area (Å²) in [5.41, 5.74) is 2.37. The molecular formula is C21H26N2O2. The van der Waals surface area contributed by atoms with Crippen molar-refractivity contribution >= 4 is 5.91 Å². The van der Waals surface area contributed by atoms with E-state index in [0.717, 1.165) is 50.5 Å². The van der Waals surface area contributed by atoms with Crippen molar-refractivity contribution in [3.63, 3.8) is 0 Å². The fourth-order valence-corrected chi connectivity index (χ4v) is 3.25. The summed E-state index contributed by atoms with van der Waals surface area (Å²) in [4.78, 5) is 17.1. The second-order valence-electron chi connectivity index (χ2n) is 6.52. The van der Waals surface area contributed by atoms with Gasteiger partial charge in [-0.2, -0.15) is 0 Å². The van der Waals surface area contributed by atoms with E-state index in [-0.39, 0.29) is 5.91 Å². The molecule has 0 atom stereocenters. The van der Waals surface area contributed by atoms with E-state index in [1.807, 2.05) is 35.2 Å². The van der Waals surface area contributed by atoms with Gasteiger partial charge in [-0.25, -0.2) is 0 Å². The highest BCUT2D eigenvalue weighted by atomic mass is 16.5. The Labute approximate surface area is 150 Å². The number of carbonyl (C=O) groups excluding carboxylic acids is 1. The largest absolute Gasteiger partial charge is 0.497 e. The van der Waals surface area contributed by atoms with Crippen molar-refractivity contribution < 1.29 is 9.53 Å². The quantitative estimate of drug-likeness (QED) is 0.840. The van der Waals surface area contributed by atoms with E-state index in [1.165, 1.54) is 5.56 Å². The molecule has 4 nitrogen and oxygen atoms in total. The molecule has 0 unspecified atom stereocenters. The van der Waals surface area contributed by atoms with Gasteiger partial charge in [-0.15, -0.1) is 0 Å². The first-order valence-corrected chi connectivity index (χ1v) is 8.91. The molecule has 1 heterocycles. The molecule has 0 spiro atoms. The molecule has 0 aliphatic carbocycles. The van der Waals surface area contributed by atoms with Crippen molar-refractivity contribution in [2.45, 2.75) is 19.4 Å². The number of carbonyl (C=O) groups is 1. The van der Waals surface area contributed by atoms with Crippen molar-refractivity contribution in [3.05, 3.63) is 65.7 Å². The topological polar surface area (TPSA) is 32.8 Å². The normalized spacial score (nSPS) is 15.6. The molecule has 0 bridgehead atoms. The molecule has 0 saturated carbocycles. The van der Waals surface area contributed by atoms with Crippen LogP contribution in [0.5, 0.6) is 5.75 Å². The summed E-state index contributed by atoms with van der Waals surface area (Å²) in [6.07, 6.45) is 1.49. The lowest BCUT2D eigenvalue weighted by molar-refractivity contribution is -0.130. The minimum Gasteiger partial charge on any atom is -0.497 e. The monoisotopic (exact) mass is 338 g/mol. The van der Waals surface area contributed by atoms with E-state index in [4.69, 9.17) is 4.74 Å². The van der Waals surface area contributed by atoms with E-state index in [1.54, 1.807) is 7.11 Å². The average molecular weight is 338 g/mol. The third-order valence-corrected chi connectivity index (χ3v) is 4.70. The van der Waals surface area contributed by atoms with Crippen molar-refractivity contribution in [1.29, 1.82) is 0 Å². The number of benzene rings is 2. The number of nitrogens with zero attached hydrogens (tertiary/aromatic N) is 2. The Hall–Kier alpha value is -2.33. The highest BCUT2D eigenvalue weighted by Crippen LogP contribution is 2.14. The predicted octanol–water partition coefficient (Wildman–Crippen LogP) is 2.97. The van der Waals surface area contributed by atoms with Crippen LogP contribution in [0, 0.1) is 0 Å². The smallest absolute Gasteiger partial charge is 0.227 e. The van der Waals surface area contributed by atoms with Gasteiger partial charge in [-0.05, 0) is 29.7 Å². The molecule has 0 radical (unpaired) electrons. The van der Waals surface area contributed by atoms with Gasteiger partial charge >= 0.3 is 0 Å². The van der Waals surface area contributed by atoms with Crippen LogP contribution in [0.2, 0.25) is 0 Å². The van der Waals surface area contributed by atoms with E-state index in [2.05, 4.69) is 29.2 Å². The number of amides is 1. The molecule has 2 aromatic carbocycles. The second-order valence-corrected chi connectivity index (χ2v) is 6.52. The first kappa shape index (κ1) is 17.5. The molecule has 4 heteroatoms. The first-order chi connectivity index (χ1) is 12.2. The predicted molar refractivity (Wildman–Crippen MR) is 99.6 cm³/mol. The second kappa shape index (κ2) is 8.67. The summed E-state index contributed by atoms with van der Waals surface area (Å²) in [7, 11) is 1.65. The van der Waals surface area contributed by atoms with E-state index >= 15 is 0 Å². The molecule has 0 aromatic heterocycles. The molecular weight excluding hydrogens is 312 g/mol. The third kappa shape index (κ3) is 5.07. The van der Waals surface area contributed by atoms with E-state index in [0.29, 0.717) is 6.42 Å². The van der Waals surface area contributed by atoms with E-state index in [9.17, 15) is 4.79 Å². The van der Waals surface area contributed by atoms with Crippen molar-refractivity contribution in [2.75, 3.05) is 33.3 Å². The van der Waals surface area contributed by atoms with Gasteiger partial charge in [0.05, 0.1) is 13.5 Å². The maximum Gasteiger partial charge on any atom is 0.227 e. The molecule has 25 heavy (non-hydrogen) atoms. The Morgan fingerprint density at radius 3 is 2.40 bits per heavy atom. The Morgan fingerprint density at radius 1 is 0.920 bits per heavy atom. The first-order valence-electron chi connectivity index (χ1n) is 8.91. The van der Waals surface area contributed by atoms with Crippen molar-refractivity contribution in [2.24, 2.45) is 0 Å². The maximum absolute atomic E-state index is 12.6. The Bertz CT molecular complexity index is 670. The highest BCUT2D eigenvalue weighted by molar-refractivity contribution is 5.78. The maximum atomic E-state index is 12.6. The van der Waals surface area contributed by atoms with Gasteiger partial charge in [0.15, 0.2) is 0 Å². The Morgan fingerprint density at radius 2 is 1.68 bits per heavy atom. The van der Waals surface area contributed by atoms with Gasteiger partial charge in [0.1, 0.15) is 5.75 Å². The highest BCUT2D eigenvalue weighted by Gasteiger charge is 2.19. The van der Waals surface area contributed by atoms with Crippen molar-refractivity contribution in [3.8, 4) is 5.75 Å². The lowest BCUT2D eigenvalue weighted by Gasteiger charge is -2.22. The van der Waals surface area contributed by atoms with Crippen LogP contribution in [0.15, 0.2) is 54.6 Å². The van der Waals surface area contributed by atoms with Crippen LogP contribution in [0.25, 0.3) is 0 Å². The molecule has 3 rings (SSSR count). The lowest BCUT2D eigenvalue weighted by atomic mass is 10.1. The number of rotatable bonds is 5. The summed E-state index contributed by atoms with van der Waals surface area (Å²) in [6.45, 7) is 4.59. The van der Waals surface area contributed by atoms with Gasteiger partial charge in [-0.1, -0.05) is 42.5 Å². The molecule has 0 N–H and O–H groups in total. The van der Waals surface area contributed by atoms with Crippen LogP contribution in [-0.2, 0) is 17.8 Å². The molecule has 1 fully saturated rings. The van der Waals surface area contributed by atoms with Crippen LogP contribution < -0.4 is 4.74 Å². The van der Waals surface area contributed by atoms with Gasteiger partial charge in [0, 0.05) is 32.7 Å². The van der Waals surface area contributed by atoms with Crippen LogP contribution in [0.3, 0.4) is 0 Å². The lowest BCUT2D eigenvalue weighted by Crippen LogP contribution is -2.36. The summed E-state index contributed by atoms with van der Waals surface area (Å²) in [5.74, 6) is 1.04. The third-order valence-electron chi connectivity index (χ3n) is 4.70. The molecule has 2 aromatic rings. The van der Waals surface area contributed by atoms with E-state index < -0.39 is 0 Å². The van der Waals surface area contributed by atoms with Crippen LogP contribution in [0.4, 0.5) is 0 Å². The fraction of sp³-hybridized carbons (Fsp3) is 0.381. The molecule has 132 valence electrons. The minimum absolute atomic E-state index is 0.215. The fourth-order valence-electron chi connectivity index (χ4n) is 3.25. The number of methoxy groups -OCH3 is 1. The van der Waals surface area contributed by atoms with Crippen molar-refractivity contribution in [1.82, 2.24) is 9.80 Å². The van der Waals surface area contributed by atoms with Gasteiger partial charge in [0.2, 0.25) is 5.91 Å². The molecule has 1 aliphatic heterocycles. The molecule has 1 aliphatic rings. The minimum atomic E-state index is 0.215. The Kier molecular flexibility index (Phi) is 6.07. The van der Waals surface area contributed by atoms with Crippen LogP contribution >= 0.6 is 0 Å². The van der Waals surface area contributed by atoms with Crippen LogP contribution in [0.1, 0.15) is 17.5 Å². The van der Waals surface area contributed by atoms with Crippen LogP contribution in [-0.4, -0.2) is 49.0 Å². The van der Waals surface area contributed by atoms with Gasteiger partial charge < -0.3 is 9.64 Å². The molecule has 1 saturated heterocycles. The zero-order valence-corrected chi connectivity index (χ0v) is 14.9. The summed E-state index contributed by atoms with van der Waals surface area (Å²) < 4.78 is 5.17. The SMILES string of the molecule is COc1ccc(CC(=O)N2CCCN(Cc3ccccc3)CC2)cc1. The van der Waals surface area contributed by atoms with Gasteiger partial charge in [-0.3, -0.25) is 9.69 Å². The summed E-state index contributed by atoms with van der Waals surface area (Å²) in [5, 5.41) is 0. The molecule has 1 amide bonds. The Balaban J connectivity index is 1.52. The number of hydrogen-bond acceptors (Lipinski definition) is 3. The number of ether oxygens (including phenoxy) is 1. The van der Waals surface area contributed by atoms with Gasteiger partial charge in [0.25, 0.3) is 0 Å². The summed E-state index contributed by atoms with van der Waals surface area (Å²) >= 11 is 0.